The van der Waals surface area contributed by atoms with Gasteiger partial charge >= 0.3 is 0 Å². The van der Waals surface area contributed by atoms with Crippen LogP contribution in [0.5, 0.6) is 0 Å². The van der Waals surface area contributed by atoms with E-state index in [4.69, 9.17) is 0 Å². The average molecular weight is 243 g/mol. The largest absolute Gasteiger partial charge is 0.235 e. The fourth-order valence-electron chi connectivity index (χ4n) is 2.31. The molecule has 2 nitrogen and oxygen atoms in total. The number of isocyanates is 1. The van der Waals surface area contributed by atoms with Gasteiger partial charge in [0, 0.05) is 9.58 Å². The van der Waals surface area contributed by atoms with Crippen LogP contribution < -0.4 is 0 Å². The second-order valence-electron chi connectivity index (χ2n) is 4.73. The first kappa shape index (κ1) is 10.7. The summed E-state index contributed by atoms with van der Waals surface area (Å²) in [7, 11) is 0. The maximum atomic E-state index is 10.5. The maximum Gasteiger partial charge on any atom is 0.235 e. The maximum absolute atomic E-state index is 10.5. The summed E-state index contributed by atoms with van der Waals surface area (Å²) in [5.41, 5.74) is 2.27. The fraction of sp³-hybridized carbons (Fsp3) is 0.357. The summed E-state index contributed by atoms with van der Waals surface area (Å²) in [6.45, 7) is 4.31. The highest BCUT2D eigenvalue weighted by Crippen LogP contribution is 2.50. The van der Waals surface area contributed by atoms with E-state index in [-0.39, 0.29) is 5.54 Å². The Morgan fingerprint density at radius 3 is 2.76 bits per heavy atom. The second kappa shape index (κ2) is 3.52. The first-order valence-electron chi connectivity index (χ1n) is 5.75. The Bertz CT molecular complexity index is 646. The van der Waals surface area contributed by atoms with Crippen molar-refractivity contribution in [1.82, 2.24) is 0 Å². The molecule has 3 heteroatoms. The number of rotatable bonds is 2. The van der Waals surface area contributed by atoms with Crippen molar-refractivity contribution in [2.24, 2.45) is 4.99 Å². The van der Waals surface area contributed by atoms with Crippen molar-refractivity contribution in [1.29, 1.82) is 0 Å². The lowest BCUT2D eigenvalue weighted by Gasteiger charge is -2.07. The first-order valence-corrected chi connectivity index (χ1v) is 6.57. The summed E-state index contributed by atoms with van der Waals surface area (Å²) in [6.07, 6.45) is 3.65. The van der Waals surface area contributed by atoms with Crippen LogP contribution in [0.15, 0.2) is 23.2 Å². The summed E-state index contributed by atoms with van der Waals surface area (Å²) in [5, 5.41) is 1.32. The van der Waals surface area contributed by atoms with E-state index in [2.05, 4.69) is 37.0 Å². The van der Waals surface area contributed by atoms with Crippen LogP contribution in [0.2, 0.25) is 0 Å². The molecule has 3 rings (SSSR count). The Morgan fingerprint density at radius 2 is 2.12 bits per heavy atom. The van der Waals surface area contributed by atoms with Crippen LogP contribution >= 0.6 is 11.3 Å². The van der Waals surface area contributed by atoms with E-state index in [9.17, 15) is 4.79 Å². The van der Waals surface area contributed by atoms with E-state index >= 15 is 0 Å². The van der Waals surface area contributed by atoms with Gasteiger partial charge in [-0.15, -0.1) is 11.3 Å². The van der Waals surface area contributed by atoms with Gasteiger partial charge in [-0.3, -0.25) is 0 Å². The standard InChI is InChI=1S/C14H13NOS/c1-9-10(2)17-13-7-11(3-4-12(9)13)14(5-6-14)15-8-16/h3-4,7H,5-6H2,1-2H3. The molecule has 0 aliphatic heterocycles. The molecule has 1 aliphatic carbocycles. The summed E-state index contributed by atoms with van der Waals surface area (Å²) < 4.78 is 1.30. The van der Waals surface area contributed by atoms with E-state index < -0.39 is 0 Å². The van der Waals surface area contributed by atoms with Gasteiger partial charge in [-0.25, -0.2) is 4.79 Å². The molecule has 1 aliphatic rings. The minimum Gasteiger partial charge on any atom is -0.211 e. The van der Waals surface area contributed by atoms with Gasteiger partial charge in [0.1, 0.15) is 0 Å². The molecule has 0 saturated heterocycles. The third-order valence-electron chi connectivity index (χ3n) is 3.70. The Labute approximate surface area is 104 Å². The number of fused-ring (bicyclic) bond motifs is 1. The molecule has 1 saturated carbocycles. The number of hydrogen-bond donors (Lipinski definition) is 0. The molecule has 17 heavy (non-hydrogen) atoms. The van der Waals surface area contributed by atoms with Crippen molar-refractivity contribution in [2.45, 2.75) is 32.2 Å². The molecule has 1 aromatic carbocycles. The van der Waals surface area contributed by atoms with Crippen molar-refractivity contribution in [2.75, 3.05) is 0 Å². The smallest absolute Gasteiger partial charge is 0.211 e. The normalized spacial score (nSPS) is 16.8. The first-order chi connectivity index (χ1) is 8.16. The van der Waals surface area contributed by atoms with Gasteiger partial charge in [-0.1, -0.05) is 12.1 Å². The average Bonchev–Trinajstić information content (AvgIpc) is 3.04. The lowest BCUT2D eigenvalue weighted by molar-refractivity contribution is 0.556. The molecule has 0 amide bonds. The van der Waals surface area contributed by atoms with Gasteiger partial charge < -0.3 is 0 Å². The summed E-state index contributed by atoms with van der Waals surface area (Å²) >= 11 is 1.81. The highest BCUT2D eigenvalue weighted by atomic mass is 32.1. The van der Waals surface area contributed by atoms with Crippen molar-refractivity contribution in [3.63, 3.8) is 0 Å². The van der Waals surface area contributed by atoms with E-state index in [1.807, 2.05) is 11.3 Å². The summed E-state index contributed by atoms with van der Waals surface area (Å²) in [5.74, 6) is 0. The van der Waals surface area contributed by atoms with Crippen molar-refractivity contribution in [3.05, 3.63) is 34.2 Å². The number of thiophene rings is 1. The predicted molar refractivity (Wildman–Crippen MR) is 70.3 cm³/mol. The lowest BCUT2D eigenvalue weighted by Crippen LogP contribution is -2.01. The van der Waals surface area contributed by atoms with E-state index in [0.29, 0.717) is 0 Å². The molecule has 0 bridgehead atoms. The Hall–Kier alpha value is -1.44. The van der Waals surface area contributed by atoms with Crippen LogP contribution in [0.4, 0.5) is 0 Å². The minimum atomic E-state index is -0.248. The van der Waals surface area contributed by atoms with Crippen molar-refractivity contribution in [3.8, 4) is 0 Å². The van der Waals surface area contributed by atoms with Crippen LogP contribution in [-0.4, -0.2) is 6.08 Å². The number of hydrogen-bond acceptors (Lipinski definition) is 3. The number of aryl methyl sites for hydroxylation is 2. The van der Waals surface area contributed by atoms with E-state index in [1.165, 1.54) is 20.5 Å². The zero-order valence-corrected chi connectivity index (χ0v) is 10.7. The van der Waals surface area contributed by atoms with Gasteiger partial charge in [0.25, 0.3) is 0 Å². The number of benzene rings is 1. The van der Waals surface area contributed by atoms with Crippen LogP contribution in [-0.2, 0) is 10.3 Å². The fourth-order valence-corrected chi connectivity index (χ4v) is 3.42. The van der Waals surface area contributed by atoms with Crippen LogP contribution in [0.25, 0.3) is 10.1 Å². The molecule has 1 heterocycles. The molecule has 0 atom stereocenters. The third kappa shape index (κ3) is 1.54. The van der Waals surface area contributed by atoms with E-state index in [0.717, 1.165) is 18.4 Å². The number of aliphatic imine (C=N–C) groups is 1. The molecule has 0 unspecified atom stereocenters. The van der Waals surface area contributed by atoms with Gasteiger partial charge in [0.15, 0.2) is 0 Å². The second-order valence-corrected chi connectivity index (χ2v) is 5.99. The molecule has 86 valence electrons. The van der Waals surface area contributed by atoms with Crippen LogP contribution in [0.3, 0.4) is 0 Å². The molecule has 2 aromatic rings. The SMILES string of the molecule is Cc1sc2cc(C3(N=C=O)CC3)ccc2c1C. The van der Waals surface area contributed by atoms with Gasteiger partial charge in [-0.05, 0) is 49.3 Å². The van der Waals surface area contributed by atoms with Crippen LogP contribution in [0, 0.1) is 13.8 Å². The van der Waals surface area contributed by atoms with Crippen LogP contribution in [0.1, 0.15) is 28.8 Å². The molecular formula is C14H13NOS. The van der Waals surface area contributed by atoms with Gasteiger partial charge in [0.05, 0.1) is 5.54 Å². The van der Waals surface area contributed by atoms with Gasteiger partial charge in [0.2, 0.25) is 6.08 Å². The minimum absolute atomic E-state index is 0.248. The topological polar surface area (TPSA) is 29.4 Å². The number of carbonyl (C=O) groups excluding carboxylic acids is 1. The van der Waals surface area contributed by atoms with E-state index in [1.54, 1.807) is 6.08 Å². The predicted octanol–water partition coefficient (Wildman–Crippen LogP) is 3.84. The molecular weight excluding hydrogens is 230 g/mol. The Kier molecular flexibility index (Phi) is 2.22. The molecule has 1 fully saturated rings. The highest BCUT2D eigenvalue weighted by molar-refractivity contribution is 7.19. The lowest BCUT2D eigenvalue weighted by atomic mass is 10.0. The van der Waals surface area contributed by atoms with Crippen molar-refractivity contribution < 1.29 is 4.79 Å². The Morgan fingerprint density at radius 1 is 1.35 bits per heavy atom. The molecule has 0 N–H and O–H groups in total. The molecule has 0 spiro atoms. The summed E-state index contributed by atoms with van der Waals surface area (Å²) in [6, 6.07) is 6.45. The quantitative estimate of drug-likeness (QED) is 0.582. The zero-order valence-electron chi connectivity index (χ0n) is 9.91. The molecule has 0 radical (unpaired) electrons. The zero-order chi connectivity index (χ0) is 12.0. The van der Waals surface area contributed by atoms with Crippen molar-refractivity contribution >= 4 is 27.5 Å². The molecule has 1 aromatic heterocycles. The summed E-state index contributed by atoms with van der Waals surface area (Å²) in [4.78, 5) is 15.8. The highest BCUT2D eigenvalue weighted by Gasteiger charge is 2.44. The Balaban J connectivity index is 2.17. The monoisotopic (exact) mass is 243 g/mol. The van der Waals surface area contributed by atoms with Gasteiger partial charge in [-0.2, -0.15) is 4.99 Å². The third-order valence-corrected chi connectivity index (χ3v) is 4.87. The number of nitrogens with zero attached hydrogens (tertiary/aromatic N) is 1.